The Balaban J connectivity index is 1.59. The molecule has 3 rings (SSSR count). The van der Waals surface area contributed by atoms with E-state index >= 15 is 0 Å². The minimum atomic E-state index is -0.429. The maximum absolute atomic E-state index is 13.1. The van der Waals surface area contributed by atoms with E-state index in [4.69, 9.17) is 4.74 Å². The topological polar surface area (TPSA) is 56.2 Å². The third-order valence-electron chi connectivity index (χ3n) is 3.07. The second-order valence-corrected chi connectivity index (χ2v) is 4.99. The molecular formula is C17H13F2N3O2. The first-order valence-corrected chi connectivity index (χ1v) is 7.10. The van der Waals surface area contributed by atoms with E-state index < -0.39 is 5.82 Å². The monoisotopic (exact) mass is 329 g/mol. The van der Waals surface area contributed by atoms with Crippen LogP contribution in [-0.2, 0) is 11.3 Å². The van der Waals surface area contributed by atoms with Crippen molar-refractivity contribution in [2.75, 3.05) is 5.32 Å². The Bertz CT molecular complexity index is 847. The first-order valence-electron chi connectivity index (χ1n) is 7.10. The Labute approximate surface area is 136 Å². The molecule has 7 heteroatoms. The highest BCUT2D eigenvalue weighted by Gasteiger charge is 2.07. The van der Waals surface area contributed by atoms with Gasteiger partial charge >= 0.3 is 0 Å². The standard InChI is InChI=1S/C17H13F2N3O2/c18-12-4-6-15(7-5-12)24-16-9-20-22(10-16)11-17(23)21-14-3-1-2-13(19)8-14/h1-10H,11H2,(H,21,23). The number of rotatable bonds is 5. The van der Waals surface area contributed by atoms with E-state index in [1.807, 2.05) is 0 Å². The van der Waals surface area contributed by atoms with E-state index in [1.54, 1.807) is 6.07 Å². The molecular weight excluding hydrogens is 316 g/mol. The summed E-state index contributed by atoms with van der Waals surface area (Å²) in [4.78, 5) is 11.9. The van der Waals surface area contributed by atoms with Gasteiger partial charge < -0.3 is 10.1 Å². The molecule has 0 saturated heterocycles. The van der Waals surface area contributed by atoms with Gasteiger partial charge in [0.2, 0.25) is 5.91 Å². The molecule has 0 unspecified atom stereocenters. The maximum Gasteiger partial charge on any atom is 0.246 e. The molecule has 0 aliphatic heterocycles. The Morgan fingerprint density at radius 3 is 2.62 bits per heavy atom. The van der Waals surface area contributed by atoms with Crippen molar-refractivity contribution in [2.45, 2.75) is 6.54 Å². The molecule has 1 heterocycles. The molecule has 0 radical (unpaired) electrons. The molecule has 0 aliphatic carbocycles. The van der Waals surface area contributed by atoms with Crippen LogP contribution in [0.15, 0.2) is 60.9 Å². The quantitative estimate of drug-likeness (QED) is 0.778. The summed E-state index contributed by atoms with van der Waals surface area (Å²) in [6.07, 6.45) is 2.98. The van der Waals surface area contributed by atoms with Crippen molar-refractivity contribution in [1.29, 1.82) is 0 Å². The average Bonchev–Trinajstić information content (AvgIpc) is 2.96. The van der Waals surface area contributed by atoms with Crippen molar-refractivity contribution in [1.82, 2.24) is 9.78 Å². The minimum Gasteiger partial charge on any atom is -0.454 e. The number of carbonyl (C=O) groups excluding carboxylic acids is 1. The van der Waals surface area contributed by atoms with Crippen molar-refractivity contribution < 1.29 is 18.3 Å². The minimum absolute atomic E-state index is 0.0523. The number of carbonyl (C=O) groups is 1. The lowest BCUT2D eigenvalue weighted by molar-refractivity contribution is -0.116. The van der Waals surface area contributed by atoms with Crippen LogP contribution in [0.5, 0.6) is 11.5 Å². The summed E-state index contributed by atoms with van der Waals surface area (Å²) in [6, 6.07) is 11.2. The van der Waals surface area contributed by atoms with Crippen LogP contribution in [0.2, 0.25) is 0 Å². The lowest BCUT2D eigenvalue weighted by Gasteiger charge is -2.05. The lowest BCUT2D eigenvalue weighted by atomic mass is 10.3. The van der Waals surface area contributed by atoms with Crippen molar-refractivity contribution in [3.05, 3.63) is 72.6 Å². The molecule has 0 spiro atoms. The number of hydrogen-bond acceptors (Lipinski definition) is 3. The lowest BCUT2D eigenvalue weighted by Crippen LogP contribution is -2.19. The summed E-state index contributed by atoms with van der Waals surface area (Å²) in [7, 11) is 0. The molecule has 5 nitrogen and oxygen atoms in total. The van der Waals surface area contributed by atoms with Gasteiger partial charge in [-0.2, -0.15) is 5.10 Å². The molecule has 1 aromatic heterocycles. The zero-order valence-electron chi connectivity index (χ0n) is 12.4. The smallest absolute Gasteiger partial charge is 0.246 e. The molecule has 24 heavy (non-hydrogen) atoms. The van der Waals surface area contributed by atoms with Gasteiger partial charge in [-0.1, -0.05) is 6.07 Å². The normalized spacial score (nSPS) is 10.4. The fourth-order valence-electron chi connectivity index (χ4n) is 2.04. The van der Waals surface area contributed by atoms with Gasteiger partial charge in [-0.05, 0) is 42.5 Å². The fraction of sp³-hybridized carbons (Fsp3) is 0.0588. The van der Waals surface area contributed by atoms with Crippen LogP contribution >= 0.6 is 0 Å². The number of ether oxygens (including phenoxy) is 1. The number of benzene rings is 2. The predicted octanol–water partition coefficient (Wildman–Crippen LogP) is 3.59. The largest absolute Gasteiger partial charge is 0.454 e. The van der Waals surface area contributed by atoms with Crippen LogP contribution in [0.3, 0.4) is 0 Å². The van der Waals surface area contributed by atoms with Crippen molar-refractivity contribution in [2.24, 2.45) is 0 Å². The van der Waals surface area contributed by atoms with Gasteiger partial charge in [0, 0.05) is 5.69 Å². The zero-order valence-corrected chi connectivity index (χ0v) is 12.4. The number of anilines is 1. The molecule has 3 aromatic rings. The van der Waals surface area contributed by atoms with Gasteiger partial charge in [0.15, 0.2) is 5.75 Å². The number of hydrogen-bond donors (Lipinski definition) is 1. The van der Waals surface area contributed by atoms with E-state index in [2.05, 4.69) is 10.4 Å². The second-order valence-electron chi connectivity index (χ2n) is 4.99. The van der Waals surface area contributed by atoms with Crippen LogP contribution in [0.4, 0.5) is 14.5 Å². The van der Waals surface area contributed by atoms with E-state index in [0.29, 0.717) is 17.2 Å². The Morgan fingerprint density at radius 2 is 1.88 bits per heavy atom. The van der Waals surface area contributed by atoms with Crippen molar-refractivity contribution in [3.8, 4) is 11.5 Å². The SMILES string of the molecule is O=C(Cn1cc(Oc2ccc(F)cc2)cn1)Nc1cccc(F)c1. The molecule has 0 atom stereocenters. The van der Waals surface area contributed by atoms with Gasteiger partial charge in [-0.3, -0.25) is 9.48 Å². The number of halogens is 2. The highest BCUT2D eigenvalue weighted by Crippen LogP contribution is 2.20. The van der Waals surface area contributed by atoms with Crippen molar-refractivity contribution >= 4 is 11.6 Å². The summed E-state index contributed by atoms with van der Waals surface area (Å²) in [6.45, 7) is -0.0523. The number of nitrogens with zero attached hydrogens (tertiary/aromatic N) is 2. The van der Waals surface area contributed by atoms with Crippen molar-refractivity contribution in [3.63, 3.8) is 0 Å². The second kappa shape index (κ2) is 6.91. The van der Waals surface area contributed by atoms with Gasteiger partial charge in [0.25, 0.3) is 0 Å². The van der Waals surface area contributed by atoms with Gasteiger partial charge in [0.1, 0.15) is 23.9 Å². The highest BCUT2D eigenvalue weighted by molar-refractivity contribution is 5.90. The van der Waals surface area contributed by atoms with Crippen LogP contribution in [0, 0.1) is 11.6 Å². The molecule has 0 fully saturated rings. The van der Waals surface area contributed by atoms with Crippen LogP contribution in [-0.4, -0.2) is 15.7 Å². The molecule has 2 aromatic carbocycles. The molecule has 1 amide bonds. The van der Waals surface area contributed by atoms with Crippen LogP contribution < -0.4 is 10.1 Å². The third-order valence-corrected chi connectivity index (χ3v) is 3.07. The fourth-order valence-corrected chi connectivity index (χ4v) is 2.04. The predicted molar refractivity (Wildman–Crippen MR) is 83.7 cm³/mol. The first kappa shape index (κ1) is 15.7. The van der Waals surface area contributed by atoms with E-state index in [0.717, 1.165) is 0 Å². The number of nitrogens with one attached hydrogen (secondary N) is 1. The Kier molecular flexibility index (Phi) is 4.51. The van der Waals surface area contributed by atoms with Crippen LogP contribution in [0.25, 0.3) is 0 Å². The molecule has 0 saturated carbocycles. The average molecular weight is 329 g/mol. The van der Waals surface area contributed by atoms with Gasteiger partial charge in [-0.25, -0.2) is 8.78 Å². The Hall–Kier alpha value is -3.22. The third kappa shape index (κ3) is 4.16. The molecule has 0 aliphatic rings. The molecule has 1 N–H and O–H groups in total. The number of aromatic nitrogens is 2. The van der Waals surface area contributed by atoms with E-state index in [1.165, 1.54) is 59.5 Å². The summed E-state index contributed by atoms with van der Waals surface area (Å²) >= 11 is 0. The summed E-state index contributed by atoms with van der Waals surface area (Å²) in [5.41, 5.74) is 0.370. The first-order chi connectivity index (χ1) is 11.6. The summed E-state index contributed by atoms with van der Waals surface area (Å²) in [5, 5.41) is 6.59. The molecule has 0 bridgehead atoms. The zero-order chi connectivity index (χ0) is 16.9. The van der Waals surface area contributed by atoms with Crippen LogP contribution in [0.1, 0.15) is 0 Å². The van der Waals surface area contributed by atoms with Gasteiger partial charge in [0.05, 0.1) is 12.4 Å². The molecule has 122 valence electrons. The van der Waals surface area contributed by atoms with E-state index in [-0.39, 0.29) is 18.3 Å². The highest BCUT2D eigenvalue weighted by atomic mass is 19.1. The maximum atomic E-state index is 13.1. The van der Waals surface area contributed by atoms with E-state index in [9.17, 15) is 13.6 Å². The number of amides is 1. The van der Waals surface area contributed by atoms with Gasteiger partial charge in [-0.15, -0.1) is 0 Å². The summed E-state index contributed by atoms with van der Waals surface area (Å²) < 4.78 is 32.8. The summed E-state index contributed by atoms with van der Waals surface area (Å²) in [5.74, 6) is -0.258. The Morgan fingerprint density at radius 1 is 1.08 bits per heavy atom.